The second-order valence-electron chi connectivity index (χ2n) is 8.15. The quantitative estimate of drug-likeness (QED) is 0.266. The van der Waals surface area contributed by atoms with E-state index in [0.29, 0.717) is 58.7 Å². The predicted molar refractivity (Wildman–Crippen MR) is 140 cm³/mol. The number of fused-ring (bicyclic) bond motifs is 1. The van der Waals surface area contributed by atoms with Crippen LogP contribution in [-0.4, -0.2) is 76.6 Å². The number of amides is 3. The van der Waals surface area contributed by atoms with Gasteiger partial charge in [0.15, 0.2) is 10.8 Å². The van der Waals surface area contributed by atoms with Gasteiger partial charge in [-0.1, -0.05) is 22.9 Å². The number of halogens is 2. The molecule has 15 heteroatoms. The average molecular weight is 561 g/mol. The summed E-state index contributed by atoms with van der Waals surface area (Å²) in [5.74, 6) is -0.311. The zero-order valence-electron chi connectivity index (χ0n) is 19.8. The molecule has 0 atom stereocenters. The maximum atomic E-state index is 13.3. The summed E-state index contributed by atoms with van der Waals surface area (Å²) in [6.45, 7) is 4.15. The first-order valence-corrected chi connectivity index (χ1v) is 12.7. The van der Waals surface area contributed by atoms with Crippen LogP contribution in [0, 0.1) is 5.82 Å². The van der Waals surface area contributed by atoms with Gasteiger partial charge in [0.25, 0.3) is 0 Å². The summed E-state index contributed by atoms with van der Waals surface area (Å²) < 4.78 is 24.2. The van der Waals surface area contributed by atoms with Crippen LogP contribution in [0.15, 0.2) is 36.7 Å². The third-order valence-corrected chi connectivity index (χ3v) is 6.77. The first-order chi connectivity index (χ1) is 18.4. The summed E-state index contributed by atoms with van der Waals surface area (Å²) in [6.07, 6.45) is 2.46. The molecule has 1 aliphatic heterocycles. The van der Waals surface area contributed by atoms with Gasteiger partial charge in [-0.05, 0) is 18.2 Å². The molecule has 198 valence electrons. The number of nitrogens with zero attached hydrogens (tertiary/aromatic N) is 4. The van der Waals surface area contributed by atoms with E-state index in [1.54, 1.807) is 6.07 Å². The van der Waals surface area contributed by atoms with E-state index < -0.39 is 17.9 Å². The van der Waals surface area contributed by atoms with E-state index in [1.165, 1.54) is 24.5 Å². The number of pyridine rings is 1. The van der Waals surface area contributed by atoms with Crippen LogP contribution in [0.2, 0.25) is 5.02 Å². The fourth-order valence-corrected chi connectivity index (χ4v) is 4.62. The molecule has 4 heterocycles. The molecule has 1 saturated heterocycles. The molecule has 38 heavy (non-hydrogen) atoms. The lowest BCUT2D eigenvalue weighted by Gasteiger charge is -2.26. The van der Waals surface area contributed by atoms with Crippen molar-refractivity contribution in [3.63, 3.8) is 0 Å². The molecule has 4 aromatic rings. The van der Waals surface area contributed by atoms with Gasteiger partial charge in [0, 0.05) is 44.1 Å². The molecule has 12 nitrogen and oxygen atoms in total. The number of morpholine rings is 1. The minimum atomic E-state index is -0.595. The number of anilines is 2. The smallest absolute Gasteiger partial charge is 0.409 e. The Kier molecular flexibility index (Phi) is 7.93. The molecule has 0 bridgehead atoms. The molecule has 0 aliphatic carbocycles. The Morgan fingerprint density at radius 2 is 2.05 bits per heavy atom. The van der Waals surface area contributed by atoms with E-state index in [1.807, 2.05) is 0 Å². The van der Waals surface area contributed by atoms with Gasteiger partial charge in [-0.2, -0.15) is 5.10 Å². The lowest BCUT2D eigenvalue weighted by molar-refractivity contribution is 0.0385. The van der Waals surface area contributed by atoms with Gasteiger partial charge in [0.1, 0.15) is 11.6 Å². The zero-order valence-corrected chi connectivity index (χ0v) is 21.4. The Labute approximate surface area is 224 Å². The summed E-state index contributed by atoms with van der Waals surface area (Å²) in [6, 6.07) is 4.87. The lowest BCUT2D eigenvalue weighted by atomic mass is 10.2. The fourth-order valence-electron chi connectivity index (χ4n) is 3.67. The Morgan fingerprint density at radius 3 is 2.87 bits per heavy atom. The Morgan fingerprint density at radius 1 is 1.21 bits per heavy atom. The summed E-state index contributed by atoms with van der Waals surface area (Å²) in [5.41, 5.74) is 1.21. The standard InChI is InChI=1S/C23H22ClFN8O4S/c24-15-9-13(1-2-16(15)25)29-21(34)31-22-27-12-19(38-22)17-10-18(14-11-28-32-20(14)30-17)37-23(35)26-3-4-33-5-7-36-8-6-33/h1-2,9-12H,3-8H2,(H,26,35)(H,28,30,32)(H2,27,29,31,34). The molecule has 1 fully saturated rings. The van der Waals surface area contributed by atoms with Crippen LogP contribution in [0.4, 0.5) is 24.8 Å². The van der Waals surface area contributed by atoms with Gasteiger partial charge in [-0.15, -0.1) is 0 Å². The molecule has 5 rings (SSSR count). The highest BCUT2D eigenvalue weighted by Crippen LogP contribution is 2.33. The normalized spacial score (nSPS) is 13.8. The molecule has 1 aliphatic rings. The number of ether oxygens (including phenoxy) is 2. The summed E-state index contributed by atoms with van der Waals surface area (Å²) in [4.78, 5) is 36.3. The molecular formula is C23H22ClFN8O4S. The van der Waals surface area contributed by atoms with E-state index in [4.69, 9.17) is 21.1 Å². The zero-order chi connectivity index (χ0) is 26.5. The van der Waals surface area contributed by atoms with E-state index in [2.05, 4.69) is 41.0 Å². The maximum Gasteiger partial charge on any atom is 0.412 e. The highest BCUT2D eigenvalue weighted by atomic mass is 35.5. The lowest BCUT2D eigenvalue weighted by Crippen LogP contribution is -2.41. The SMILES string of the molecule is O=C(Nc1ccc(F)c(Cl)c1)Nc1ncc(-c2cc(OC(=O)NCCN3CCOCC3)c3cn[nH]c3n2)s1. The molecule has 1 aromatic carbocycles. The van der Waals surface area contributed by atoms with Gasteiger partial charge in [0.2, 0.25) is 0 Å². The predicted octanol–water partition coefficient (Wildman–Crippen LogP) is 3.94. The van der Waals surface area contributed by atoms with Crippen molar-refractivity contribution in [3.05, 3.63) is 47.5 Å². The molecule has 0 saturated carbocycles. The molecule has 4 N–H and O–H groups in total. The highest BCUT2D eigenvalue weighted by molar-refractivity contribution is 7.19. The van der Waals surface area contributed by atoms with Crippen LogP contribution in [0.3, 0.4) is 0 Å². The molecule has 0 unspecified atom stereocenters. The van der Waals surface area contributed by atoms with E-state index in [9.17, 15) is 14.0 Å². The van der Waals surface area contributed by atoms with Crippen LogP contribution in [0.5, 0.6) is 5.75 Å². The number of aromatic amines is 1. The molecule has 3 aromatic heterocycles. The molecular weight excluding hydrogens is 539 g/mol. The minimum absolute atomic E-state index is 0.108. The van der Waals surface area contributed by atoms with Crippen molar-refractivity contribution < 1.29 is 23.5 Å². The number of benzene rings is 1. The van der Waals surface area contributed by atoms with Crippen LogP contribution >= 0.6 is 22.9 Å². The number of carbonyl (C=O) groups excluding carboxylic acids is 2. The van der Waals surface area contributed by atoms with Gasteiger partial charge in [0.05, 0.1) is 40.4 Å². The number of thiazole rings is 1. The fraction of sp³-hybridized carbons (Fsp3) is 0.261. The van der Waals surface area contributed by atoms with E-state index >= 15 is 0 Å². The number of hydrogen-bond acceptors (Lipinski definition) is 9. The van der Waals surface area contributed by atoms with Crippen LogP contribution < -0.4 is 20.7 Å². The summed E-state index contributed by atoms with van der Waals surface area (Å²) >= 11 is 6.91. The van der Waals surface area contributed by atoms with Crippen LogP contribution in [0.1, 0.15) is 0 Å². The number of carbonyl (C=O) groups is 2. The largest absolute Gasteiger partial charge is 0.412 e. The van der Waals surface area contributed by atoms with Crippen molar-refractivity contribution in [1.82, 2.24) is 30.4 Å². The van der Waals surface area contributed by atoms with E-state index in [0.717, 1.165) is 30.5 Å². The van der Waals surface area contributed by atoms with Gasteiger partial charge in [-0.3, -0.25) is 15.3 Å². The van der Waals surface area contributed by atoms with E-state index in [-0.39, 0.29) is 10.8 Å². The Bertz CT molecular complexity index is 1460. The number of hydrogen-bond donors (Lipinski definition) is 4. The monoisotopic (exact) mass is 560 g/mol. The third-order valence-electron chi connectivity index (χ3n) is 5.54. The minimum Gasteiger partial charge on any atom is -0.409 e. The second-order valence-corrected chi connectivity index (χ2v) is 9.58. The van der Waals surface area contributed by atoms with Crippen molar-refractivity contribution in [1.29, 1.82) is 0 Å². The van der Waals surface area contributed by atoms with Gasteiger partial charge >= 0.3 is 12.1 Å². The molecule has 3 amide bonds. The Balaban J connectivity index is 1.23. The van der Waals surface area contributed by atoms with Gasteiger partial charge in [-0.25, -0.2) is 23.9 Å². The number of urea groups is 1. The van der Waals surface area contributed by atoms with Crippen LogP contribution in [-0.2, 0) is 4.74 Å². The number of rotatable bonds is 7. The van der Waals surface area contributed by atoms with Crippen molar-refractivity contribution in [3.8, 4) is 16.3 Å². The first-order valence-electron chi connectivity index (χ1n) is 11.5. The van der Waals surface area contributed by atoms with Crippen LogP contribution in [0.25, 0.3) is 21.6 Å². The van der Waals surface area contributed by atoms with Crippen molar-refractivity contribution in [2.75, 3.05) is 50.0 Å². The molecule has 0 spiro atoms. The number of nitrogens with one attached hydrogen (secondary N) is 4. The molecule has 0 radical (unpaired) electrons. The second kappa shape index (κ2) is 11.7. The van der Waals surface area contributed by atoms with Crippen molar-refractivity contribution >= 4 is 56.9 Å². The highest BCUT2D eigenvalue weighted by Gasteiger charge is 2.17. The summed E-state index contributed by atoms with van der Waals surface area (Å²) in [7, 11) is 0. The topological polar surface area (TPSA) is 146 Å². The average Bonchev–Trinajstić information content (AvgIpc) is 3.57. The first kappa shape index (κ1) is 25.8. The summed E-state index contributed by atoms with van der Waals surface area (Å²) in [5, 5.41) is 15.4. The van der Waals surface area contributed by atoms with Crippen molar-refractivity contribution in [2.24, 2.45) is 0 Å². The number of H-pyrrole nitrogens is 1. The van der Waals surface area contributed by atoms with Gasteiger partial charge < -0.3 is 20.1 Å². The maximum absolute atomic E-state index is 13.3. The number of aromatic nitrogens is 4. The third kappa shape index (κ3) is 6.34. The van der Waals surface area contributed by atoms with Crippen molar-refractivity contribution in [2.45, 2.75) is 0 Å². The Hall–Kier alpha value is -3.85.